The van der Waals surface area contributed by atoms with Crippen molar-refractivity contribution in [3.63, 3.8) is 0 Å². The van der Waals surface area contributed by atoms with Gasteiger partial charge in [-0.2, -0.15) is 0 Å². The van der Waals surface area contributed by atoms with E-state index in [1.54, 1.807) is 0 Å². The lowest BCUT2D eigenvalue weighted by Gasteiger charge is -2.30. The molecule has 0 saturated carbocycles. The van der Waals surface area contributed by atoms with E-state index < -0.39 is 0 Å². The Morgan fingerprint density at radius 2 is 1.29 bits per heavy atom. The van der Waals surface area contributed by atoms with Crippen LogP contribution in [0.4, 0.5) is 0 Å². The van der Waals surface area contributed by atoms with E-state index in [4.69, 9.17) is 11.6 Å². The van der Waals surface area contributed by atoms with Crippen LogP contribution in [0.15, 0.2) is 121 Å². The van der Waals surface area contributed by atoms with Crippen LogP contribution in [0.2, 0.25) is 5.02 Å². The van der Waals surface area contributed by atoms with Gasteiger partial charge in [0, 0.05) is 31.1 Å². The topological polar surface area (TPSA) is 0 Å². The van der Waals surface area contributed by atoms with Crippen molar-refractivity contribution in [2.45, 2.75) is 12.3 Å². The van der Waals surface area contributed by atoms with Gasteiger partial charge in [0.2, 0.25) is 0 Å². The molecule has 0 saturated heterocycles. The third kappa shape index (κ3) is 3.43. The summed E-state index contributed by atoms with van der Waals surface area (Å²) in [5, 5.41) is 6.02. The first-order valence-corrected chi connectivity index (χ1v) is 14.2. The Labute approximate surface area is 230 Å². The summed E-state index contributed by atoms with van der Waals surface area (Å²) in [5.41, 5.74) is 9.50. The molecule has 1 heterocycles. The molecule has 0 N–H and O–H groups in total. The van der Waals surface area contributed by atoms with Gasteiger partial charge in [-0.05, 0) is 80.4 Å². The monoisotopic (exact) mass is 522 g/mol. The van der Waals surface area contributed by atoms with E-state index in [1.807, 2.05) is 17.4 Å². The third-order valence-corrected chi connectivity index (χ3v) is 9.48. The quantitative estimate of drug-likeness (QED) is 0.212. The molecule has 0 bridgehead atoms. The second-order valence-electron chi connectivity index (χ2n) is 10.2. The number of hydrogen-bond donors (Lipinski definition) is 0. The van der Waals surface area contributed by atoms with Crippen LogP contribution in [0, 0.1) is 0 Å². The number of thiophene rings is 1. The van der Waals surface area contributed by atoms with Crippen molar-refractivity contribution in [3.05, 3.63) is 143 Å². The fraction of sp³-hybridized carbons (Fsp3) is 0.0556. The van der Waals surface area contributed by atoms with Crippen molar-refractivity contribution in [1.29, 1.82) is 0 Å². The molecule has 0 nitrogen and oxygen atoms in total. The predicted molar refractivity (Wildman–Crippen MR) is 165 cm³/mol. The molecule has 0 radical (unpaired) electrons. The smallest absolute Gasteiger partial charge is 0.0420 e. The van der Waals surface area contributed by atoms with Gasteiger partial charge >= 0.3 is 0 Å². The number of rotatable bonds is 2. The minimum absolute atomic E-state index is 0.307. The number of benzene rings is 6. The highest BCUT2D eigenvalue weighted by molar-refractivity contribution is 7.25. The van der Waals surface area contributed by atoms with Crippen LogP contribution in [0.25, 0.3) is 53.2 Å². The first-order chi connectivity index (χ1) is 18.7. The summed E-state index contributed by atoms with van der Waals surface area (Å²) < 4.78 is 2.54. The molecule has 0 amide bonds. The second kappa shape index (κ2) is 8.56. The summed E-state index contributed by atoms with van der Waals surface area (Å²) in [7, 11) is 0. The molecule has 2 heteroatoms. The van der Waals surface area contributed by atoms with Crippen molar-refractivity contribution >= 4 is 53.9 Å². The molecule has 1 aliphatic carbocycles. The maximum absolute atomic E-state index is 6.28. The SMILES string of the molecule is Clc1ccc2c(c1)sc1cc(-c3ccc4c(c3)C(c3cccc5ccccc35)Cc3ccccc3-4)ccc12. The van der Waals surface area contributed by atoms with Crippen LogP contribution >= 0.6 is 22.9 Å². The van der Waals surface area contributed by atoms with Gasteiger partial charge in [-0.1, -0.05) is 109 Å². The average molecular weight is 523 g/mol. The zero-order valence-electron chi connectivity index (χ0n) is 20.6. The minimum Gasteiger partial charge on any atom is -0.135 e. The van der Waals surface area contributed by atoms with Crippen molar-refractivity contribution in [1.82, 2.24) is 0 Å². The van der Waals surface area contributed by atoms with E-state index in [0.717, 1.165) is 11.4 Å². The van der Waals surface area contributed by atoms with Crippen LogP contribution in [-0.2, 0) is 6.42 Å². The van der Waals surface area contributed by atoms with Crippen LogP contribution in [-0.4, -0.2) is 0 Å². The lowest BCUT2D eigenvalue weighted by molar-refractivity contribution is 0.801. The van der Waals surface area contributed by atoms with Gasteiger partial charge in [-0.3, -0.25) is 0 Å². The van der Waals surface area contributed by atoms with Crippen molar-refractivity contribution in [3.8, 4) is 22.3 Å². The Morgan fingerprint density at radius 3 is 2.24 bits per heavy atom. The number of hydrogen-bond acceptors (Lipinski definition) is 1. The second-order valence-corrected chi connectivity index (χ2v) is 11.8. The molecule has 0 spiro atoms. The van der Waals surface area contributed by atoms with Gasteiger partial charge in [-0.25, -0.2) is 0 Å². The summed E-state index contributed by atoms with van der Waals surface area (Å²) in [6.45, 7) is 0. The Kier molecular flexibility index (Phi) is 4.98. The highest BCUT2D eigenvalue weighted by atomic mass is 35.5. The molecule has 1 unspecified atom stereocenters. The fourth-order valence-corrected chi connectivity index (χ4v) is 7.75. The zero-order valence-corrected chi connectivity index (χ0v) is 22.2. The first kappa shape index (κ1) is 22.1. The Bertz CT molecular complexity index is 2020. The Morgan fingerprint density at radius 1 is 0.553 bits per heavy atom. The van der Waals surface area contributed by atoms with Crippen LogP contribution in [0.5, 0.6) is 0 Å². The molecule has 180 valence electrons. The lowest BCUT2D eigenvalue weighted by atomic mass is 9.74. The van der Waals surface area contributed by atoms with E-state index in [2.05, 4.69) is 115 Å². The normalized spacial score (nSPS) is 14.6. The Balaban J connectivity index is 1.32. The maximum Gasteiger partial charge on any atom is 0.0420 e. The van der Waals surface area contributed by atoms with E-state index in [9.17, 15) is 0 Å². The molecule has 1 aliphatic rings. The maximum atomic E-state index is 6.28. The molecule has 1 atom stereocenters. The van der Waals surface area contributed by atoms with Gasteiger partial charge in [0.25, 0.3) is 0 Å². The molecule has 38 heavy (non-hydrogen) atoms. The minimum atomic E-state index is 0.307. The van der Waals surface area contributed by atoms with Crippen molar-refractivity contribution in [2.75, 3.05) is 0 Å². The Hall–Kier alpha value is -3.91. The highest BCUT2D eigenvalue weighted by Crippen LogP contribution is 2.46. The molecular formula is C36H23ClS. The molecule has 0 fully saturated rings. The van der Waals surface area contributed by atoms with Crippen LogP contribution in [0.3, 0.4) is 0 Å². The van der Waals surface area contributed by atoms with Gasteiger partial charge < -0.3 is 0 Å². The van der Waals surface area contributed by atoms with Crippen molar-refractivity contribution < 1.29 is 0 Å². The van der Waals surface area contributed by atoms with E-state index in [0.29, 0.717) is 5.92 Å². The summed E-state index contributed by atoms with van der Waals surface area (Å²) in [4.78, 5) is 0. The molecule has 7 aromatic rings. The standard InChI is InChI=1S/C36H23ClS/c37-26-14-17-32-31-16-13-24(20-35(31)38-36(32)21-26)23-12-15-30-28-10-4-2-7-25(28)19-34(33(30)18-23)29-11-5-8-22-6-1-3-9-27(22)29/h1-18,20-21,34H,19H2. The van der Waals surface area contributed by atoms with Gasteiger partial charge in [-0.15, -0.1) is 11.3 Å². The summed E-state index contributed by atoms with van der Waals surface area (Å²) in [6.07, 6.45) is 1.01. The van der Waals surface area contributed by atoms with E-state index in [-0.39, 0.29) is 0 Å². The van der Waals surface area contributed by atoms with Crippen LogP contribution < -0.4 is 0 Å². The van der Waals surface area contributed by atoms with Gasteiger partial charge in [0.05, 0.1) is 0 Å². The van der Waals surface area contributed by atoms with Gasteiger partial charge in [0.1, 0.15) is 0 Å². The zero-order chi connectivity index (χ0) is 25.2. The summed E-state index contributed by atoms with van der Waals surface area (Å²) >= 11 is 8.10. The highest BCUT2D eigenvalue weighted by Gasteiger charge is 2.27. The average Bonchev–Trinajstić information content (AvgIpc) is 3.33. The van der Waals surface area contributed by atoms with Crippen molar-refractivity contribution in [2.24, 2.45) is 0 Å². The molecule has 0 aliphatic heterocycles. The first-order valence-electron chi connectivity index (χ1n) is 13.0. The van der Waals surface area contributed by atoms with Gasteiger partial charge in [0.15, 0.2) is 0 Å². The van der Waals surface area contributed by atoms with Crippen LogP contribution in [0.1, 0.15) is 22.6 Å². The molecule has 1 aromatic heterocycles. The molecule has 8 rings (SSSR count). The predicted octanol–water partition coefficient (Wildman–Crippen LogP) is 10.9. The molecular weight excluding hydrogens is 500 g/mol. The summed E-state index contributed by atoms with van der Waals surface area (Å²) in [5.74, 6) is 0.307. The van der Waals surface area contributed by atoms with E-state index in [1.165, 1.54) is 69.9 Å². The fourth-order valence-electron chi connectivity index (χ4n) is 6.33. The number of fused-ring (bicyclic) bond motifs is 7. The third-order valence-electron chi connectivity index (χ3n) is 8.13. The number of halogens is 1. The summed E-state index contributed by atoms with van der Waals surface area (Å²) in [6, 6.07) is 44.6. The largest absolute Gasteiger partial charge is 0.135 e. The van der Waals surface area contributed by atoms with E-state index >= 15 is 0 Å². The lowest BCUT2D eigenvalue weighted by Crippen LogP contribution is -2.13. The molecule has 6 aromatic carbocycles.